The maximum Gasteiger partial charge on any atom is 0.416 e. The van der Waals surface area contributed by atoms with Crippen LogP contribution in [0.1, 0.15) is 28.4 Å². The van der Waals surface area contributed by atoms with Crippen LogP contribution >= 0.6 is 0 Å². The molecule has 0 radical (unpaired) electrons. The van der Waals surface area contributed by atoms with E-state index in [-0.39, 0.29) is 17.5 Å². The number of hydrogen-bond acceptors (Lipinski definition) is 4. The number of piperazine rings is 1. The number of halogens is 3. The SMILES string of the molecule is CCc1ccc(NC(=O)N2CCN(C(=O)c3ccc(Nc4ccnc5cc(C(F)(F)F)ccc45)cc3)CC2)cc1. The standard InChI is InChI=1S/C30H28F3N5O2/c1-2-20-3-8-24(9-4-20)36-29(40)38-17-15-37(16-18-38)28(39)21-5-10-23(11-6-21)35-26-13-14-34-27-19-22(30(31,32)33)7-12-25(26)27/h3-14,19H,2,15-18H2,1H3,(H,34,35)(H,36,40). The number of hydrogen-bond donors (Lipinski definition) is 2. The molecule has 0 atom stereocenters. The number of aromatic nitrogens is 1. The van der Waals surface area contributed by atoms with Gasteiger partial charge in [-0.15, -0.1) is 0 Å². The second-order valence-electron chi connectivity index (χ2n) is 9.55. The number of benzene rings is 3. The molecule has 1 aromatic heterocycles. The molecule has 206 valence electrons. The van der Waals surface area contributed by atoms with E-state index in [1.54, 1.807) is 40.1 Å². The Hall–Kier alpha value is -4.60. The van der Waals surface area contributed by atoms with E-state index >= 15 is 0 Å². The summed E-state index contributed by atoms with van der Waals surface area (Å²) >= 11 is 0. The van der Waals surface area contributed by atoms with Crippen LogP contribution in [0, 0.1) is 0 Å². The smallest absolute Gasteiger partial charge is 0.355 e. The van der Waals surface area contributed by atoms with E-state index in [9.17, 15) is 22.8 Å². The predicted octanol–water partition coefficient (Wildman–Crippen LogP) is 6.55. The number of alkyl halides is 3. The quantitative estimate of drug-likeness (QED) is 0.297. The Kier molecular flexibility index (Phi) is 7.59. The minimum atomic E-state index is -4.44. The number of aryl methyl sites for hydroxylation is 1. The van der Waals surface area contributed by atoms with Crippen LogP contribution in [-0.2, 0) is 12.6 Å². The molecular weight excluding hydrogens is 519 g/mol. The molecule has 3 amide bonds. The predicted molar refractivity (Wildman–Crippen MR) is 149 cm³/mol. The molecule has 1 fully saturated rings. The fourth-order valence-electron chi connectivity index (χ4n) is 4.61. The molecule has 2 N–H and O–H groups in total. The topological polar surface area (TPSA) is 77.6 Å². The fraction of sp³-hybridized carbons (Fsp3) is 0.233. The van der Waals surface area contributed by atoms with Crippen LogP contribution in [0.25, 0.3) is 10.9 Å². The first-order valence-corrected chi connectivity index (χ1v) is 13.0. The van der Waals surface area contributed by atoms with Gasteiger partial charge in [-0.25, -0.2) is 4.79 Å². The Morgan fingerprint density at radius 2 is 1.50 bits per heavy atom. The number of pyridine rings is 1. The lowest BCUT2D eigenvalue weighted by atomic mass is 10.1. The lowest BCUT2D eigenvalue weighted by molar-refractivity contribution is -0.137. The van der Waals surface area contributed by atoms with Crippen molar-refractivity contribution in [2.75, 3.05) is 36.8 Å². The minimum Gasteiger partial charge on any atom is -0.355 e. The Morgan fingerprint density at radius 1 is 0.850 bits per heavy atom. The summed E-state index contributed by atoms with van der Waals surface area (Å²) in [5.41, 5.74) is 3.20. The van der Waals surface area contributed by atoms with E-state index in [0.29, 0.717) is 48.5 Å². The van der Waals surface area contributed by atoms with Crippen molar-refractivity contribution in [1.29, 1.82) is 0 Å². The summed E-state index contributed by atoms with van der Waals surface area (Å²) in [6, 6.07) is 19.6. The number of carbonyl (C=O) groups is 2. The van der Waals surface area contributed by atoms with E-state index in [4.69, 9.17) is 0 Å². The van der Waals surface area contributed by atoms with Crippen LogP contribution in [0.4, 0.5) is 35.0 Å². The summed E-state index contributed by atoms with van der Waals surface area (Å²) in [5, 5.41) is 6.66. The molecule has 0 saturated carbocycles. The van der Waals surface area contributed by atoms with Crippen molar-refractivity contribution in [2.24, 2.45) is 0 Å². The molecule has 10 heteroatoms. The Labute approximate surface area is 229 Å². The van der Waals surface area contributed by atoms with Gasteiger partial charge in [0.2, 0.25) is 0 Å². The van der Waals surface area contributed by atoms with Crippen LogP contribution in [0.3, 0.4) is 0 Å². The highest BCUT2D eigenvalue weighted by Gasteiger charge is 2.30. The zero-order valence-electron chi connectivity index (χ0n) is 21.8. The number of rotatable bonds is 5. The second kappa shape index (κ2) is 11.3. The molecule has 0 spiro atoms. The average molecular weight is 548 g/mol. The molecule has 0 unspecified atom stereocenters. The van der Waals surface area contributed by atoms with Gasteiger partial charge in [-0.05, 0) is 66.6 Å². The summed E-state index contributed by atoms with van der Waals surface area (Å²) in [7, 11) is 0. The summed E-state index contributed by atoms with van der Waals surface area (Å²) in [6.07, 6.45) is -2.06. The van der Waals surface area contributed by atoms with E-state index in [1.807, 2.05) is 24.3 Å². The van der Waals surface area contributed by atoms with Crippen molar-refractivity contribution < 1.29 is 22.8 Å². The number of fused-ring (bicyclic) bond motifs is 1. The van der Waals surface area contributed by atoms with Crippen molar-refractivity contribution in [2.45, 2.75) is 19.5 Å². The first-order valence-electron chi connectivity index (χ1n) is 13.0. The lowest BCUT2D eigenvalue weighted by Gasteiger charge is -2.34. The number of carbonyl (C=O) groups excluding carboxylic acids is 2. The van der Waals surface area contributed by atoms with Crippen LogP contribution < -0.4 is 10.6 Å². The van der Waals surface area contributed by atoms with Crippen molar-refractivity contribution in [3.63, 3.8) is 0 Å². The number of urea groups is 1. The fourth-order valence-corrected chi connectivity index (χ4v) is 4.61. The molecule has 0 bridgehead atoms. The maximum atomic E-state index is 13.1. The van der Waals surface area contributed by atoms with Crippen LogP contribution in [0.2, 0.25) is 0 Å². The number of amides is 3. The zero-order valence-corrected chi connectivity index (χ0v) is 21.8. The highest BCUT2D eigenvalue weighted by atomic mass is 19.4. The third kappa shape index (κ3) is 6.01. The zero-order chi connectivity index (χ0) is 28.3. The minimum absolute atomic E-state index is 0.129. The normalized spacial score (nSPS) is 13.8. The van der Waals surface area contributed by atoms with E-state index in [2.05, 4.69) is 22.5 Å². The highest BCUT2D eigenvalue weighted by Crippen LogP contribution is 2.33. The molecule has 1 aliphatic heterocycles. The molecule has 5 rings (SSSR count). The molecule has 1 saturated heterocycles. The second-order valence-corrected chi connectivity index (χ2v) is 9.55. The molecule has 0 aliphatic carbocycles. The largest absolute Gasteiger partial charge is 0.416 e. The van der Waals surface area contributed by atoms with Gasteiger partial charge in [0.15, 0.2) is 0 Å². The van der Waals surface area contributed by atoms with E-state index < -0.39 is 11.7 Å². The first kappa shape index (κ1) is 27.0. The Morgan fingerprint density at radius 3 is 2.15 bits per heavy atom. The third-order valence-corrected chi connectivity index (χ3v) is 6.95. The third-order valence-electron chi connectivity index (χ3n) is 6.95. The van der Waals surface area contributed by atoms with Crippen LogP contribution in [0.5, 0.6) is 0 Å². The summed E-state index contributed by atoms with van der Waals surface area (Å²) in [4.78, 5) is 33.2. The average Bonchev–Trinajstić information content (AvgIpc) is 2.97. The molecule has 2 heterocycles. The maximum absolute atomic E-state index is 13.1. The first-order chi connectivity index (χ1) is 19.2. The lowest BCUT2D eigenvalue weighted by Crippen LogP contribution is -2.51. The van der Waals surface area contributed by atoms with Crippen molar-refractivity contribution in [1.82, 2.24) is 14.8 Å². The van der Waals surface area contributed by atoms with Gasteiger partial charge >= 0.3 is 12.2 Å². The van der Waals surface area contributed by atoms with E-state index in [0.717, 1.165) is 24.2 Å². The Balaban J connectivity index is 1.18. The van der Waals surface area contributed by atoms with Gasteiger partial charge in [0.1, 0.15) is 0 Å². The Bertz CT molecular complexity index is 1510. The number of anilines is 3. The molecule has 1 aliphatic rings. The van der Waals surface area contributed by atoms with Gasteiger partial charge in [0.25, 0.3) is 5.91 Å². The van der Waals surface area contributed by atoms with Crippen LogP contribution in [0.15, 0.2) is 79.0 Å². The molecule has 3 aromatic carbocycles. The van der Waals surface area contributed by atoms with Gasteiger partial charge in [0, 0.05) is 60.4 Å². The summed E-state index contributed by atoms with van der Waals surface area (Å²) < 4.78 is 39.2. The molecule has 4 aromatic rings. The van der Waals surface area contributed by atoms with Crippen molar-refractivity contribution in [3.05, 3.63) is 95.7 Å². The number of nitrogens with one attached hydrogen (secondary N) is 2. The van der Waals surface area contributed by atoms with Gasteiger partial charge in [0.05, 0.1) is 11.1 Å². The number of nitrogens with zero attached hydrogens (tertiary/aromatic N) is 3. The molecule has 7 nitrogen and oxygen atoms in total. The monoisotopic (exact) mass is 547 g/mol. The molecule has 40 heavy (non-hydrogen) atoms. The van der Waals surface area contributed by atoms with Gasteiger partial charge < -0.3 is 20.4 Å². The van der Waals surface area contributed by atoms with Gasteiger partial charge in [-0.2, -0.15) is 13.2 Å². The highest BCUT2D eigenvalue weighted by molar-refractivity contribution is 5.96. The molecular formula is C30H28F3N5O2. The van der Waals surface area contributed by atoms with Gasteiger partial charge in [-0.1, -0.05) is 25.1 Å². The summed E-state index contributed by atoms with van der Waals surface area (Å²) in [6.45, 7) is 3.77. The summed E-state index contributed by atoms with van der Waals surface area (Å²) in [5.74, 6) is -0.129. The van der Waals surface area contributed by atoms with E-state index in [1.165, 1.54) is 17.8 Å². The van der Waals surface area contributed by atoms with Gasteiger partial charge in [-0.3, -0.25) is 9.78 Å². The van der Waals surface area contributed by atoms with Crippen LogP contribution in [-0.4, -0.2) is 52.9 Å². The van der Waals surface area contributed by atoms with Crippen molar-refractivity contribution >= 4 is 39.9 Å². The van der Waals surface area contributed by atoms with Crippen molar-refractivity contribution in [3.8, 4) is 0 Å².